The van der Waals surface area contributed by atoms with Crippen LogP contribution in [0.2, 0.25) is 0 Å². The van der Waals surface area contributed by atoms with Crippen LogP contribution in [0.4, 0.5) is 0 Å². The van der Waals surface area contributed by atoms with E-state index in [9.17, 15) is 4.79 Å². The minimum Gasteiger partial charge on any atom is -0.485 e. The van der Waals surface area contributed by atoms with E-state index in [1.165, 1.54) is 4.90 Å². The zero-order valence-corrected chi connectivity index (χ0v) is 15.6. The summed E-state index contributed by atoms with van der Waals surface area (Å²) in [6, 6.07) is 25.2. The van der Waals surface area contributed by atoms with Gasteiger partial charge in [0, 0.05) is 14.1 Å². The topological polar surface area (TPSA) is 38.8 Å². The van der Waals surface area contributed by atoms with E-state index in [0.717, 1.165) is 11.1 Å². The third-order valence-electron chi connectivity index (χ3n) is 4.08. The molecule has 3 rings (SSSR count). The Balaban J connectivity index is 1.86. The number of hydrogen-bond donors (Lipinski definition) is 0. The molecule has 0 radical (unpaired) electrons. The van der Waals surface area contributed by atoms with E-state index in [2.05, 4.69) is 0 Å². The monoisotopic (exact) mass is 361 g/mol. The van der Waals surface area contributed by atoms with Crippen molar-refractivity contribution in [3.63, 3.8) is 0 Å². The van der Waals surface area contributed by atoms with Gasteiger partial charge < -0.3 is 14.4 Å². The SMILES string of the molecule is CN(C)C(=O)c1cccc(OCc2ccccc2)c1OCc1ccccc1. The van der Waals surface area contributed by atoms with Crippen LogP contribution in [-0.4, -0.2) is 24.9 Å². The molecule has 4 nitrogen and oxygen atoms in total. The largest absolute Gasteiger partial charge is 0.485 e. The molecule has 27 heavy (non-hydrogen) atoms. The third kappa shape index (κ3) is 4.88. The molecule has 0 fully saturated rings. The first-order valence-electron chi connectivity index (χ1n) is 8.83. The van der Waals surface area contributed by atoms with Crippen LogP contribution in [0.25, 0.3) is 0 Å². The van der Waals surface area contributed by atoms with E-state index in [4.69, 9.17) is 9.47 Å². The van der Waals surface area contributed by atoms with Crippen molar-refractivity contribution in [2.75, 3.05) is 14.1 Å². The summed E-state index contributed by atoms with van der Waals surface area (Å²) in [5.41, 5.74) is 2.57. The minimum absolute atomic E-state index is 0.122. The highest BCUT2D eigenvalue weighted by atomic mass is 16.5. The molecule has 0 saturated carbocycles. The van der Waals surface area contributed by atoms with Gasteiger partial charge in [0.2, 0.25) is 0 Å². The van der Waals surface area contributed by atoms with Crippen molar-refractivity contribution < 1.29 is 14.3 Å². The van der Waals surface area contributed by atoms with Gasteiger partial charge in [0.05, 0.1) is 5.56 Å². The fourth-order valence-electron chi connectivity index (χ4n) is 2.65. The van der Waals surface area contributed by atoms with Gasteiger partial charge in [-0.1, -0.05) is 66.7 Å². The summed E-state index contributed by atoms with van der Waals surface area (Å²) in [7, 11) is 3.45. The lowest BCUT2D eigenvalue weighted by atomic mass is 10.1. The third-order valence-corrected chi connectivity index (χ3v) is 4.08. The second-order valence-electron chi connectivity index (χ2n) is 6.38. The van der Waals surface area contributed by atoms with Gasteiger partial charge >= 0.3 is 0 Å². The van der Waals surface area contributed by atoms with Crippen molar-refractivity contribution in [3.8, 4) is 11.5 Å². The van der Waals surface area contributed by atoms with Gasteiger partial charge in [-0.2, -0.15) is 0 Å². The molecule has 138 valence electrons. The van der Waals surface area contributed by atoms with Crippen molar-refractivity contribution in [3.05, 3.63) is 95.6 Å². The average molecular weight is 361 g/mol. The van der Waals surface area contributed by atoms with Crippen molar-refractivity contribution in [2.45, 2.75) is 13.2 Å². The van der Waals surface area contributed by atoms with Gasteiger partial charge in [-0.25, -0.2) is 0 Å². The molecule has 0 aromatic heterocycles. The number of hydrogen-bond acceptors (Lipinski definition) is 3. The number of nitrogens with zero attached hydrogens (tertiary/aromatic N) is 1. The Morgan fingerprint density at radius 3 is 1.85 bits per heavy atom. The molecular weight excluding hydrogens is 338 g/mol. The molecule has 0 atom stereocenters. The van der Waals surface area contributed by atoms with Crippen LogP contribution in [0, 0.1) is 0 Å². The predicted octanol–water partition coefficient (Wildman–Crippen LogP) is 4.55. The van der Waals surface area contributed by atoms with Crippen LogP contribution in [0.3, 0.4) is 0 Å². The maximum absolute atomic E-state index is 12.6. The number of ether oxygens (including phenoxy) is 2. The quantitative estimate of drug-likeness (QED) is 0.620. The molecule has 0 spiro atoms. The van der Waals surface area contributed by atoms with E-state index in [-0.39, 0.29) is 5.91 Å². The van der Waals surface area contributed by atoms with E-state index >= 15 is 0 Å². The molecule has 3 aromatic rings. The first-order valence-corrected chi connectivity index (χ1v) is 8.83. The van der Waals surface area contributed by atoms with Crippen LogP contribution in [0.15, 0.2) is 78.9 Å². The smallest absolute Gasteiger partial charge is 0.257 e. The summed E-state index contributed by atoms with van der Waals surface area (Å²) in [6.45, 7) is 0.766. The minimum atomic E-state index is -0.122. The lowest BCUT2D eigenvalue weighted by Gasteiger charge is -2.18. The number of para-hydroxylation sites is 1. The van der Waals surface area contributed by atoms with Gasteiger partial charge in [0.1, 0.15) is 13.2 Å². The summed E-state index contributed by atoms with van der Waals surface area (Å²) in [4.78, 5) is 14.1. The Morgan fingerprint density at radius 2 is 1.30 bits per heavy atom. The molecule has 0 aliphatic rings. The zero-order chi connectivity index (χ0) is 19.1. The first kappa shape index (κ1) is 18.5. The van der Waals surface area contributed by atoms with Crippen molar-refractivity contribution in [1.29, 1.82) is 0 Å². The molecule has 0 aliphatic heterocycles. The van der Waals surface area contributed by atoms with Crippen LogP contribution < -0.4 is 9.47 Å². The molecule has 0 N–H and O–H groups in total. The van der Waals surface area contributed by atoms with Crippen LogP contribution in [-0.2, 0) is 13.2 Å². The second kappa shape index (κ2) is 8.90. The van der Waals surface area contributed by atoms with Gasteiger partial charge in [-0.05, 0) is 23.3 Å². The normalized spacial score (nSPS) is 10.3. The Labute approximate surface area is 160 Å². The first-order chi connectivity index (χ1) is 13.1. The van der Waals surface area contributed by atoms with Gasteiger partial charge in [-0.3, -0.25) is 4.79 Å². The lowest BCUT2D eigenvalue weighted by Crippen LogP contribution is -2.22. The predicted molar refractivity (Wildman–Crippen MR) is 106 cm³/mol. The molecule has 0 heterocycles. The zero-order valence-electron chi connectivity index (χ0n) is 15.6. The van der Waals surface area contributed by atoms with Crippen LogP contribution in [0.1, 0.15) is 21.5 Å². The van der Waals surface area contributed by atoms with Crippen LogP contribution >= 0.6 is 0 Å². The summed E-state index contributed by atoms with van der Waals surface area (Å²) >= 11 is 0. The molecule has 4 heteroatoms. The van der Waals surface area contributed by atoms with E-state index in [1.54, 1.807) is 20.2 Å². The Bertz CT molecular complexity index is 877. The maximum atomic E-state index is 12.6. The maximum Gasteiger partial charge on any atom is 0.257 e. The molecule has 3 aromatic carbocycles. The summed E-state index contributed by atoms with van der Waals surface area (Å²) in [5, 5.41) is 0. The fraction of sp³-hybridized carbons (Fsp3) is 0.174. The van der Waals surface area contributed by atoms with E-state index in [1.807, 2.05) is 72.8 Å². The number of carbonyl (C=O) groups is 1. The molecule has 0 aliphatic carbocycles. The highest BCUT2D eigenvalue weighted by Gasteiger charge is 2.19. The van der Waals surface area contributed by atoms with E-state index < -0.39 is 0 Å². The van der Waals surface area contributed by atoms with Gasteiger partial charge in [0.15, 0.2) is 11.5 Å². The highest BCUT2D eigenvalue weighted by Crippen LogP contribution is 2.33. The Kier molecular flexibility index (Phi) is 6.10. The second-order valence-corrected chi connectivity index (χ2v) is 6.38. The number of amides is 1. The lowest BCUT2D eigenvalue weighted by molar-refractivity contribution is 0.0821. The van der Waals surface area contributed by atoms with Gasteiger partial charge in [0.25, 0.3) is 5.91 Å². The van der Waals surface area contributed by atoms with Gasteiger partial charge in [-0.15, -0.1) is 0 Å². The highest BCUT2D eigenvalue weighted by molar-refractivity contribution is 5.97. The summed E-state index contributed by atoms with van der Waals surface area (Å²) in [6.07, 6.45) is 0. The fourth-order valence-corrected chi connectivity index (χ4v) is 2.65. The number of benzene rings is 3. The summed E-state index contributed by atoms with van der Waals surface area (Å²) < 4.78 is 12.0. The molecular formula is C23H23NO3. The van der Waals surface area contributed by atoms with Crippen molar-refractivity contribution in [2.24, 2.45) is 0 Å². The average Bonchev–Trinajstić information content (AvgIpc) is 2.71. The van der Waals surface area contributed by atoms with Crippen molar-refractivity contribution in [1.82, 2.24) is 4.90 Å². The number of rotatable bonds is 7. The molecule has 0 saturated heterocycles. The standard InChI is InChI=1S/C23H23NO3/c1-24(2)23(25)20-14-9-15-21(26-16-18-10-5-3-6-11-18)22(20)27-17-19-12-7-4-8-13-19/h3-15H,16-17H2,1-2H3. The summed E-state index contributed by atoms with van der Waals surface area (Å²) in [5.74, 6) is 0.904. The molecule has 0 unspecified atom stereocenters. The number of carbonyl (C=O) groups excluding carboxylic acids is 1. The molecule has 0 bridgehead atoms. The Hall–Kier alpha value is -3.27. The Morgan fingerprint density at radius 1 is 0.741 bits per heavy atom. The molecule has 1 amide bonds. The van der Waals surface area contributed by atoms with Crippen LogP contribution in [0.5, 0.6) is 11.5 Å². The van der Waals surface area contributed by atoms with Crippen molar-refractivity contribution >= 4 is 5.91 Å². The van der Waals surface area contributed by atoms with E-state index in [0.29, 0.717) is 30.3 Å².